The molecule has 0 radical (unpaired) electrons. The van der Waals surface area contributed by atoms with Crippen LogP contribution in [0.15, 0.2) is 36.7 Å². The number of piperidine rings is 1. The summed E-state index contributed by atoms with van der Waals surface area (Å²) >= 11 is 0. The molecule has 2 N–H and O–H groups in total. The highest BCUT2D eigenvalue weighted by Crippen LogP contribution is 2.33. The van der Waals surface area contributed by atoms with Crippen molar-refractivity contribution in [1.29, 1.82) is 0 Å². The molecule has 1 fully saturated rings. The van der Waals surface area contributed by atoms with Crippen LogP contribution < -0.4 is 10.2 Å². The molecule has 2 heterocycles. The van der Waals surface area contributed by atoms with Gasteiger partial charge >= 0.3 is 0 Å². The van der Waals surface area contributed by atoms with Crippen molar-refractivity contribution in [2.75, 3.05) is 23.4 Å². The second-order valence-electron chi connectivity index (χ2n) is 6.35. The molecule has 0 spiro atoms. The molecule has 0 bridgehead atoms. The largest absolute Gasteiger partial charge is 0.396 e. The van der Waals surface area contributed by atoms with Crippen LogP contribution in [0, 0.1) is 0 Å². The minimum Gasteiger partial charge on any atom is -0.396 e. The van der Waals surface area contributed by atoms with Gasteiger partial charge in [-0.05, 0) is 37.8 Å². The molecule has 1 atom stereocenters. The number of carbonyl (C=O) groups excluding carboxylic acids is 1. The molecular weight excluding hydrogens is 316 g/mol. The first-order valence-corrected chi connectivity index (χ1v) is 8.75. The third kappa shape index (κ3) is 4.14. The first-order valence-electron chi connectivity index (χ1n) is 8.75. The van der Waals surface area contributed by atoms with Crippen molar-refractivity contribution >= 4 is 17.4 Å². The maximum Gasteiger partial charge on any atom is 0.221 e. The fourth-order valence-corrected chi connectivity index (χ4v) is 3.42. The van der Waals surface area contributed by atoms with Crippen LogP contribution in [0.4, 0.5) is 11.5 Å². The third-order valence-corrected chi connectivity index (χ3v) is 4.50. The monoisotopic (exact) mass is 340 g/mol. The Bertz CT molecular complexity index is 733. The Morgan fingerprint density at radius 2 is 2.16 bits per heavy atom. The molecule has 2 aromatic rings. The van der Waals surface area contributed by atoms with Gasteiger partial charge in [0.25, 0.3) is 0 Å². The fraction of sp³-hybridized carbons (Fsp3) is 0.421. The number of carbonyl (C=O) groups is 1. The van der Waals surface area contributed by atoms with E-state index in [4.69, 9.17) is 0 Å². The summed E-state index contributed by atoms with van der Waals surface area (Å²) in [5, 5.41) is 12.2. The van der Waals surface area contributed by atoms with E-state index in [1.807, 2.05) is 24.3 Å². The molecule has 0 aliphatic carbocycles. The second-order valence-corrected chi connectivity index (χ2v) is 6.35. The summed E-state index contributed by atoms with van der Waals surface area (Å²) in [6.07, 6.45) is 7.49. The van der Waals surface area contributed by atoms with Gasteiger partial charge in [-0.3, -0.25) is 9.78 Å². The average molecular weight is 340 g/mol. The van der Waals surface area contributed by atoms with Gasteiger partial charge < -0.3 is 15.3 Å². The summed E-state index contributed by atoms with van der Waals surface area (Å²) < 4.78 is 0. The first-order chi connectivity index (χ1) is 12.2. The van der Waals surface area contributed by atoms with E-state index in [0.29, 0.717) is 0 Å². The number of benzene rings is 1. The standard InChI is InChI=1S/C19H24N4O2/c1-14(25)22-16-6-4-5-15(13-16)18-19(21-10-9-20-18)23-11-3-2-7-17(23)8-12-24/h4-6,9-10,13,17,24H,2-3,7-8,11-12H2,1H3,(H,22,25). The molecule has 0 saturated carbocycles. The lowest BCUT2D eigenvalue weighted by Crippen LogP contribution is -2.41. The SMILES string of the molecule is CC(=O)Nc1cccc(-c2nccnc2N2CCCCC2CCO)c1. The molecule has 1 saturated heterocycles. The first kappa shape index (κ1) is 17.4. The molecule has 1 aliphatic rings. The van der Waals surface area contributed by atoms with Crippen molar-refractivity contribution < 1.29 is 9.90 Å². The summed E-state index contributed by atoms with van der Waals surface area (Å²) in [5.74, 6) is 0.746. The molecule has 1 unspecified atom stereocenters. The van der Waals surface area contributed by atoms with E-state index in [1.54, 1.807) is 12.4 Å². The van der Waals surface area contributed by atoms with Gasteiger partial charge in [-0.1, -0.05) is 12.1 Å². The van der Waals surface area contributed by atoms with Crippen molar-refractivity contribution in [3.05, 3.63) is 36.7 Å². The summed E-state index contributed by atoms with van der Waals surface area (Å²) in [4.78, 5) is 22.7. The van der Waals surface area contributed by atoms with Crippen LogP contribution in [-0.4, -0.2) is 40.2 Å². The van der Waals surface area contributed by atoms with Crippen molar-refractivity contribution in [2.24, 2.45) is 0 Å². The minimum absolute atomic E-state index is 0.101. The highest BCUT2D eigenvalue weighted by Gasteiger charge is 2.26. The molecule has 1 aliphatic heterocycles. The Morgan fingerprint density at radius 1 is 1.32 bits per heavy atom. The van der Waals surface area contributed by atoms with Crippen molar-refractivity contribution in [3.8, 4) is 11.3 Å². The lowest BCUT2D eigenvalue weighted by Gasteiger charge is -2.37. The van der Waals surface area contributed by atoms with Gasteiger partial charge in [-0.15, -0.1) is 0 Å². The maximum absolute atomic E-state index is 11.3. The summed E-state index contributed by atoms with van der Waals surface area (Å²) in [6.45, 7) is 2.59. The van der Waals surface area contributed by atoms with Crippen molar-refractivity contribution in [1.82, 2.24) is 9.97 Å². The highest BCUT2D eigenvalue weighted by atomic mass is 16.3. The Labute approximate surface area is 147 Å². The summed E-state index contributed by atoms with van der Waals surface area (Å²) in [7, 11) is 0. The summed E-state index contributed by atoms with van der Waals surface area (Å²) in [5.41, 5.74) is 2.47. The minimum atomic E-state index is -0.101. The zero-order valence-corrected chi connectivity index (χ0v) is 14.5. The third-order valence-electron chi connectivity index (χ3n) is 4.50. The molecule has 132 valence electrons. The number of aliphatic hydroxyl groups excluding tert-OH is 1. The number of aromatic nitrogens is 2. The molecule has 25 heavy (non-hydrogen) atoms. The molecule has 6 heteroatoms. The van der Waals surface area contributed by atoms with Crippen LogP contribution in [0.5, 0.6) is 0 Å². The van der Waals surface area contributed by atoms with Crippen LogP contribution in [0.25, 0.3) is 11.3 Å². The Hall–Kier alpha value is -2.47. The van der Waals surface area contributed by atoms with E-state index >= 15 is 0 Å². The Balaban J connectivity index is 1.97. The van der Waals surface area contributed by atoms with Crippen LogP contribution in [-0.2, 0) is 4.79 Å². The second kappa shape index (κ2) is 8.07. The quantitative estimate of drug-likeness (QED) is 0.875. The predicted octanol–water partition coefficient (Wildman–Crippen LogP) is 2.84. The van der Waals surface area contributed by atoms with Gasteiger partial charge in [-0.25, -0.2) is 4.98 Å². The molecule has 1 amide bonds. The lowest BCUT2D eigenvalue weighted by molar-refractivity contribution is -0.114. The predicted molar refractivity (Wildman–Crippen MR) is 98.5 cm³/mol. The van der Waals surface area contributed by atoms with Crippen molar-refractivity contribution in [2.45, 2.75) is 38.6 Å². The number of aliphatic hydroxyl groups is 1. The maximum atomic E-state index is 11.3. The Morgan fingerprint density at radius 3 is 2.96 bits per heavy atom. The molecule has 1 aromatic carbocycles. The Kier molecular flexibility index (Phi) is 5.60. The number of amides is 1. The van der Waals surface area contributed by atoms with Gasteiger partial charge in [0, 0.05) is 49.8 Å². The zero-order chi connectivity index (χ0) is 17.6. The van der Waals surface area contributed by atoms with Crippen LogP contribution >= 0.6 is 0 Å². The van der Waals surface area contributed by atoms with Gasteiger partial charge in [0.05, 0.1) is 0 Å². The van der Waals surface area contributed by atoms with E-state index in [2.05, 4.69) is 20.2 Å². The van der Waals surface area contributed by atoms with Crippen molar-refractivity contribution in [3.63, 3.8) is 0 Å². The zero-order valence-electron chi connectivity index (χ0n) is 14.5. The fourth-order valence-electron chi connectivity index (χ4n) is 3.42. The average Bonchev–Trinajstić information content (AvgIpc) is 2.62. The lowest BCUT2D eigenvalue weighted by atomic mass is 9.98. The number of hydrogen-bond donors (Lipinski definition) is 2. The number of rotatable bonds is 5. The molecular formula is C19H24N4O2. The topological polar surface area (TPSA) is 78.4 Å². The molecule has 1 aromatic heterocycles. The van der Waals surface area contributed by atoms with Gasteiger partial charge in [0.15, 0.2) is 5.82 Å². The van der Waals surface area contributed by atoms with Gasteiger partial charge in [0.1, 0.15) is 5.69 Å². The normalized spacial score (nSPS) is 17.4. The number of nitrogens with one attached hydrogen (secondary N) is 1. The van der Waals surface area contributed by atoms with E-state index in [-0.39, 0.29) is 18.6 Å². The number of hydrogen-bond acceptors (Lipinski definition) is 5. The van der Waals surface area contributed by atoms with Crippen LogP contribution in [0.1, 0.15) is 32.6 Å². The molecule has 6 nitrogen and oxygen atoms in total. The number of nitrogens with zero attached hydrogens (tertiary/aromatic N) is 3. The van der Waals surface area contributed by atoms with Crippen LogP contribution in [0.2, 0.25) is 0 Å². The molecule has 3 rings (SSSR count). The number of anilines is 2. The highest BCUT2D eigenvalue weighted by molar-refractivity contribution is 5.89. The summed E-state index contributed by atoms with van der Waals surface area (Å²) in [6, 6.07) is 7.94. The smallest absolute Gasteiger partial charge is 0.221 e. The van der Waals surface area contributed by atoms with E-state index in [9.17, 15) is 9.90 Å². The van der Waals surface area contributed by atoms with E-state index < -0.39 is 0 Å². The van der Waals surface area contributed by atoms with Gasteiger partial charge in [0.2, 0.25) is 5.91 Å². The van der Waals surface area contributed by atoms with E-state index in [0.717, 1.165) is 48.6 Å². The van der Waals surface area contributed by atoms with Gasteiger partial charge in [-0.2, -0.15) is 0 Å². The van der Waals surface area contributed by atoms with Crippen LogP contribution in [0.3, 0.4) is 0 Å². The van der Waals surface area contributed by atoms with E-state index in [1.165, 1.54) is 13.3 Å².